The van der Waals surface area contributed by atoms with Crippen LogP contribution in [0.2, 0.25) is 0 Å². The molecule has 0 aromatic carbocycles. The lowest BCUT2D eigenvalue weighted by Crippen LogP contribution is -2.46. The Morgan fingerprint density at radius 3 is 2.31 bits per heavy atom. The molecule has 1 rings (SSSR count). The number of carbonyl (C=O) groups excluding carboxylic acids is 1. The van der Waals surface area contributed by atoms with Crippen molar-refractivity contribution in [2.45, 2.75) is 32.0 Å². The third-order valence-electron chi connectivity index (χ3n) is 2.57. The highest BCUT2D eigenvalue weighted by Crippen LogP contribution is 2.25. The van der Waals surface area contributed by atoms with Crippen LogP contribution in [0.5, 0.6) is 0 Å². The summed E-state index contributed by atoms with van der Waals surface area (Å²) >= 11 is 0. The van der Waals surface area contributed by atoms with E-state index < -0.39 is 18.0 Å². The number of rotatable bonds is 2. The average Bonchev–Trinajstić information content (AvgIpc) is 2.16. The highest BCUT2D eigenvalue weighted by molar-refractivity contribution is 5.85. The molecule has 2 N–H and O–H groups in total. The zero-order valence-electron chi connectivity index (χ0n) is 8.93. The van der Waals surface area contributed by atoms with Crippen LogP contribution in [0.25, 0.3) is 0 Å². The van der Waals surface area contributed by atoms with Gasteiger partial charge in [-0.2, -0.15) is 13.2 Å². The van der Waals surface area contributed by atoms with E-state index in [1.54, 1.807) is 0 Å². The van der Waals surface area contributed by atoms with E-state index in [9.17, 15) is 18.0 Å². The van der Waals surface area contributed by atoms with Crippen molar-refractivity contribution in [3.8, 4) is 0 Å². The lowest BCUT2D eigenvalue weighted by molar-refractivity contribution is -0.179. The average molecular weight is 261 g/mol. The quantitative estimate of drug-likeness (QED) is 0.790. The van der Waals surface area contributed by atoms with E-state index in [2.05, 4.69) is 10.6 Å². The van der Waals surface area contributed by atoms with Gasteiger partial charge in [0.15, 0.2) is 0 Å². The molecular formula is C9H16ClF3N2O. The zero-order valence-corrected chi connectivity index (χ0v) is 9.75. The molecule has 0 bridgehead atoms. The molecule has 96 valence electrons. The van der Waals surface area contributed by atoms with Crippen LogP contribution in [0.3, 0.4) is 0 Å². The molecule has 3 nitrogen and oxygen atoms in total. The summed E-state index contributed by atoms with van der Waals surface area (Å²) in [7, 11) is 0. The predicted octanol–water partition coefficient (Wildman–Crippen LogP) is 1.47. The van der Waals surface area contributed by atoms with Gasteiger partial charge in [-0.3, -0.25) is 4.79 Å². The number of amides is 1. The number of carbonyl (C=O) groups is 1. The minimum Gasteiger partial charge on any atom is -0.353 e. The maximum Gasteiger partial charge on any atom is 0.400 e. The van der Waals surface area contributed by atoms with Crippen molar-refractivity contribution < 1.29 is 18.0 Å². The Morgan fingerprint density at radius 2 is 1.88 bits per heavy atom. The van der Waals surface area contributed by atoms with Crippen molar-refractivity contribution in [3.05, 3.63) is 0 Å². The van der Waals surface area contributed by atoms with Gasteiger partial charge in [0.2, 0.25) is 5.91 Å². The summed E-state index contributed by atoms with van der Waals surface area (Å²) in [6.45, 7) is 2.37. The molecule has 1 saturated heterocycles. The Morgan fingerprint density at radius 1 is 1.38 bits per heavy atom. The highest BCUT2D eigenvalue weighted by Gasteiger charge is 2.41. The number of hydrogen-bond acceptors (Lipinski definition) is 2. The second kappa shape index (κ2) is 6.30. The van der Waals surface area contributed by atoms with E-state index >= 15 is 0 Å². The molecule has 0 saturated carbocycles. The fraction of sp³-hybridized carbons (Fsp3) is 0.889. The molecule has 1 heterocycles. The fourth-order valence-corrected chi connectivity index (χ4v) is 1.44. The van der Waals surface area contributed by atoms with Gasteiger partial charge in [-0.25, -0.2) is 0 Å². The van der Waals surface area contributed by atoms with Crippen LogP contribution in [0.15, 0.2) is 0 Å². The smallest absolute Gasteiger partial charge is 0.353 e. The van der Waals surface area contributed by atoms with Crippen LogP contribution in [0.4, 0.5) is 13.2 Å². The van der Waals surface area contributed by atoms with Crippen LogP contribution in [-0.2, 0) is 4.79 Å². The number of halogens is 4. The Labute approximate surface area is 98.6 Å². The van der Waals surface area contributed by atoms with Crippen molar-refractivity contribution in [2.75, 3.05) is 13.1 Å². The van der Waals surface area contributed by atoms with Gasteiger partial charge in [0, 0.05) is 6.04 Å². The van der Waals surface area contributed by atoms with Crippen molar-refractivity contribution in [3.63, 3.8) is 0 Å². The molecule has 0 aromatic rings. The Bertz CT molecular complexity index is 229. The van der Waals surface area contributed by atoms with Crippen molar-refractivity contribution in [1.29, 1.82) is 0 Å². The molecule has 16 heavy (non-hydrogen) atoms. The third kappa shape index (κ3) is 4.57. The van der Waals surface area contributed by atoms with Crippen molar-refractivity contribution >= 4 is 18.3 Å². The van der Waals surface area contributed by atoms with Crippen LogP contribution < -0.4 is 10.6 Å². The number of nitrogens with one attached hydrogen (secondary N) is 2. The van der Waals surface area contributed by atoms with E-state index in [-0.39, 0.29) is 18.4 Å². The first-order valence-electron chi connectivity index (χ1n) is 4.99. The van der Waals surface area contributed by atoms with Gasteiger partial charge in [0.05, 0.1) is 0 Å². The second-order valence-corrected chi connectivity index (χ2v) is 3.80. The van der Waals surface area contributed by atoms with Gasteiger partial charge in [-0.05, 0) is 32.9 Å². The van der Waals surface area contributed by atoms with Crippen LogP contribution in [-0.4, -0.2) is 31.2 Å². The largest absolute Gasteiger partial charge is 0.400 e. The molecule has 1 amide bonds. The first kappa shape index (κ1) is 15.5. The lowest BCUT2D eigenvalue weighted by atomic mass is 10.0. The van der Waals surface area contributed by atoms with Crippen molar-refractivity contribution in [1.82, 2.24) is 10.6 Å². The maximum absolute atomic E-state index is 12.2. The molecular weight excluding hydrogens is 245 g/mol. The molecule has 0 aromatic heterocycles. The molecule has 1 fully saturated rings. The monoisotopic (exact) mass is 260 g/mol. The highest BCUT2D eigenvalue weighted by atomic mass is 35.5. The minimum atomic E-state index is -4.45. The summed E-state index contributed by atoms with van der Waals surface area (Å²) < 4.78 is 36.5. The summed E-state index contributed by atoms with van der Waals surface area (Å²) in [4.78, 5) is 11.2. The lowest BCUT2D eigenvalue weighted by Gasteiger charge is -2.25. The first-order chi connectivity index (χ1) is 6.91. The molecule has 7 heteroatoms. The molecule has 0 radical (unpaired) electrons. The van der Waals surface area contributed by atoms with Crippen LogP contribution in [0.1, 0.15) is 19.8 Å². The minimum absolute atomic E-state index is 0. The molecule has 1 aliphatic heterocycles. The summed E-state index contributed by atoms with van der Waals surface area (Å²) in [5.41, 5.74) is 0. The molecule has 1 unspecified atom stereocenters. The molecule has 0 spiro atoms. The molecule has 1 aliphatic rings. The summed E-state index contributed by atoms with van der Waals surface area (Å²) in [5, 5.41) is 5.50. The Hall–Kier alpha value is -0.490. The second-order valence-electron chi connectivity index (χ2n) is 3.80. The van der Waals surface area contributed by atoms with E-state index in [1.807, 2.05) is 0 Å². The Balaban J connectivity index is 0.00000225. The zero-order chi connectivity index (χ0) is 11.5. The van der Waals surface area contributed by atoms with E-state index in [0.717, 1.165) is 20.0 Å². The normalized spacial score (nSPS) is 19.8. The van der Waals surface area contributed by atoms with Gasteiger partial charge < -0.3 is 10.6 Å². The van der Waals surface area contributed by atoms with Gasteiger partial charge in [0.25, 0.3) is 0 Å². The van der Waals surface area contributed by atoms with Gasteiger partial charge in [-0.15, -0.1) is 12.4 Å². The number of piperidine rings is 1. The van der Waals surface area contributed by atoms with Crippen LogP contribution in [0, 0.1) is 5.92 Å². The van der Waals surface area contributed by atoms with Gasteiger partial charge in [0.1, 0.15) is 5.92 Å². The summed E-state index contributed by atoms with van der Waals surface area (Å²) in [6, 6.07) is -0.122. The van der Waals surface area contributed by atoms with Gasteiger partial charge in [-0.1, -0.05) is 0 Å². The molecule has 1 atom stereocenters. The van der Waals surface area contributed by atoms with Crippen molar-refractivity contribution in [2.24, 2.45) is 5.92 Å². The SMILES string of the molecule is CC(C(=O)NC1CCNCC1)C(F)(F)F.Cl. The van der Waals surface area contributed by atoms with Gasteiger partial charge >= 0.3 is 6.18 Å². The predicted molar refractivity (Wildman–Crippen MR) is 56.5 cm³/mol. The summed E-state index contributed by atoms with van der Waals surface area (Å²) in [5.74, 6) is -2.85. The fourth-order valence-electron chi connectivity index (χ4n) is 1.44. The standard InChI is InChI=1S/C9H15F3N2O.ClH/c1-6(9(10,11)12)8(15)14-7-2-4-13-5-3-7;/h6-7,13H,2-5H2,1H3,(H,14,15);1H. The van der Waals surface area contributed by atoms with Crippen LogP contribution >= 0.6 is 12.4 Å². The molecule has 0 aliphatic carbocycles. The Kier molecular flexibility index (Phi) is 6.10. The topological polar surface area (TPSA) is 41.1 Å². The first-order valence-corrected chi connectivity index (χ1v) is 4.99. The van der Waals surface area contributed by atoms with E-state index in [4.69, 9.17) is 0 Å². The summed E-state index contributed by atoms with van der Waals surface area (Å²) in [6.07, 6.45) is -3.07. The number of alkyl halides is 3. The van der Waals surface area contributed by atoms with E-state index in [1.165, 1.54) is 0 Å². The third-order valence-corrected chi connectivity index (χ3v) is 2.57. The maximum atomic E-state index is 12.2. The number of hydrogen-bond donors (Lipinski definition) is 2. The van der Waals surface area contributed by atoms with E-state index in [0.29, 0.717) is 12.8 Å².